The Hall–Kier alpha value is -1.64. The number of thiol groups is 1. The molecule has 1 fully saturated rings. The van der Waals surface area contributed by atoms with Crippen LogP contribution in [-0.2, 0) is 11.3 Å². The lowest BCUT2D eigenvalue weighted by Gasteiger charge is -2.35. The second-order valence-electron chi connectivity index (χ2n) is 7.18. The summed E-state index contributed by atoms with van der Waals surface area (Å²) in [4.78, 5) is 17.1. The Morgan fingerprint density at radius 3 is 2.46 bits per heavy atom. The first kappa shape index (κ1) is 18.7. The van der Waals surface area contributed by atoms with Crippen molar-refractivity contribution in [3.63, 3.8) is 0 Å². The normalized spacial score (nSPS) is 15.9. The van der Waals surface area contributed by atoms with Crippen LogP contribution in [0.15, 0.2) is 17.0 Å². The predicted molar refractivity (Wildman–Crippen MR) is 99.5 cm³/mol. The maximum atomic E-state index is 12.1. The molecule has 5 heteroatoms. The van der Waals surface area contributed by atoms with Crippen molar-refractivity contribution in [2.45, 2.75) is 44.7 Å². The smallest absolute Gasteiger partial charge is 0.410 e. The van der Waals surface area contributed by atoms with Gasteiger partial charge in [-0.1, -0.05) is 5.92 Å². The maximum absolute atomic E-state index is 12.1. The molecule has 1 aromatic rings. The van der Waals surface area contributed by atoms with Gasteiger partial charge in [-0.3, -0.25) is 4.90 Å². The molecule has 0 atom stereocenters. The Labute approximate surface area is 150 Å². The number of ether oxygens (including phenoxy) is 1. The van der Waals surface area contributed by atoms with Crippen molar-refractivity contribution in [1.29, 1.82) is 0 Å². The summed E-state index contributed by atoms with van der Waals surface area (Å²) in [5.74, 6) is 2.72. The van der Waals surface area contributed by atoms with Gasteiger partial charge in [-0.15, -0.1) is 19.1 Å². The van der Waals surface area contributed by atoms with E-state index in [2.05, 4.69) is 35.6 Å². The van der Waals surface area contributed by atoms with Gasteiger partial charge in [-0.2, -0.15) is 0 Å². The molecule has 0 bridgehead atoms. The van der Waals surface area contributed by atoms with Gasteiger partial charge in [0.05, 0.1) is 0 Å². The van der Waals surface area contributed by atoms with Crippen LogP contribution in [0.5, 0.6) is 0 Å². The van der Waals surface area contributed by atoms with Crippen LogP contribution in [0.2, 0.25) is 0 Å². The summed E-state index contributed by atoms with van der Waals surface area (Å²) in [5.41, 5.74) is 2.64. The number of carbonyl (C=O) groups is 1. The summed E-state index contributed by atoms with van der Waals surface area (Å²) >= 11 is 4.51. The lowest BCUT2D eigenvalue weighted by atomic mass is 10.0. The van der Waals surface area contributed by atoms with Crippen LogP contribution < -0.4 is 0 Å². The number of piperazine rings is 1. The number of benzene rings is 1. The summed E-state index contributed by atoms with van der Waals surface area (Å²) < 4.78 is 5.43. The van der Waals surface area contributed by atoms with Gasteiger partial charge < -0.3 is 9.64 Å². The number of terminal acetylenes is 1. The zero-order chi connectivity index (χ0) is 17.9. The highest BCUT2D eigenvalue weighted by atomic mass is 32.1. The van der Waals surface area contributed by atoms with Crippen LogP contribution in [0.4, 0.5) is 4.79 Å². The SMILES string of the molecule is C#Cc1cc(CN2CCN(C(=O)OC(C)(C)C)CC2)cc(S)c1C. The second kappa shape index (κ2) is 7.50. The van der Waals surface area contributed by atoms with E-state index in [9.17, 15) is 4.79 Å². The summed E-state index contributed by atoms with van der Waals surface area (Å²) in [6, 6.07) is 4.12. The van der Waals surface area contributed by atoms with E-state index >= 15 is 0 Å². The van der Waals surface area contributed by atoms with Crippen LogP contribution in [0.3, 0.4) is 0 Å². The van der Waals surface area contributed by atoms with Gasteiger partial charge in [0.15, 0.2) is 0 Å². The lowest BCUT2D eigenvalue weighted by molar-refractivity contribution is 0.0139. The monoisotopic (exact) mass is 346 g/mol. The van der Waals surface area contributed by atoms with E-state index in [1.54, 1.807) is 4.90 Å². The van der Waals surface area contributed by atoms with Crippen LogP contribution in [0.25, 0.3) is 0 Å². The van der Waals surface area contributed by atoms with Gasteiger partial charge in [0.2, 0.25) is 0 Å². The Balaban J connectivity index is 1.93. The predicted octanol–water partition coefficient (Wildman–Crippen LogP) is 3.32. The highest BCUT2D eigenvalue weighted by Crippen LogP contribution is 2.21. The molecule has 1 aliphatic heterocycles. The van der Waals surface area contributed by atoms with Gasteiger partial charge in [-0.05, 0) is 51.0 Å². The number of hydrogen-bond donors (Lipinski definition) is 1. The summed E-state index contributed by atoms with van der Waals surface area (Å²) in [7, 11) is 0. The molecule has 2 rings (SSSR count). The van der Waals surface area contributed by atoms with Crippen LogP contribution in [-0.4, -0.2) is 47.7 Å². The van der Waals surface area contributed by atoms with Crippen molar-refractivity contribution in [3.05, 3.63) is 28.8 Å². The molecule has 0 aliphatic carbocycles. The molecule has 0 radical (unpaired) electrons. The van der Waals surface area contributed by atoms with E-state index in [0.29, 0.717) is 13.1 Å². The van der Waals surface area contributed by atoms with Crippen LogP contribution >= 0.6 is 12.6 Å². The molecule has 1 saturated heterocycles. The molecule has 0 N–H and O–H groups in total. The van der Waals surface area contributed by atoms with E-state index in [0.717, 1.165) is 41.2 Å². The van der Waals surface area contributed by atoms with E-state index in [1.165, 1.54) is 0 Å². The fourth-order valence-electron chi connectivity index (χ4n) is 2.67. The van der Waals surface area contributed by atoms with Crippen molar-refractivity contribution in [2.24, 2.45) is 0 Å². The number of hydrogen-bond acceptors (Lipinski definition) is 4. The molecule has 4 nitrogen and oxygen atoms in total. The number of nitrogens with zero attached hydrogens (tertiary/aromatic N) is 2. The largest absolute Gasteiger partial charge is 0.444 e. The van der Waals surface area contributed by atoms with E-state index < -0.39 is 5.60 Å². The topological polar surface area (TPSA) is 32.8 Å². The summed E-state index contributed by atoms with van der Waals surface area (Å²) in [5, 5.41) is 0. The quantitative estimate of drug-likeness (QED) is 0.659. The molecule has 1 aliphatic rings. The Morgan fingerprint density at radius 2 is 1.92 bits per heavy atom. The third-order valence-electron chi connectivity index (χ3n) is 4.03. The maximum Gasteiger partial charge on any atom is 0.410 e. The molecule has 0 unspecified atom stereocenters. The molecule has 1 amide bonds. The molecule has 130 valence electrons. The third kappa shape index (κ3) is 4.93. The highest BCUT2D eigenvalue weighted by Gasteiger charge is 2.25. The lowest BCUT2D eigenvalue weighted by Crippen LogP contribution is -2.49. The molecule has 1 heterocycles. The third-order valence-corrected chi connectivity index (χ3v) is 4.49. The van der Waals surface area contributed by atoms with Gasteiger partial charge in [0, 0.05) is 43.2 Å². The zero-order valence-electron chi connectivity index (χ0n) is 14.9. The van der Waals surface area contributed by atoms with Crippen molar-refractivity contribution in [1.82, 2.24) is 9.80 Å². The number of rotatable bonds is 2. The van der Waals surface area contributed by atoms with Crippen molar-refractivity contribution in [2.75, 3.05) is 26.2 Å². The van der Waals surface area contributed by atoms with E-state index in [-0.39, 0.29) is 6.09 Å². The standard InChI is InChI=1S/C19H26N2O2S/c1-6-16-11-15(12-17(24)14(16)2)13-20-7-9-21(10-8-20)18(22)23-19(3,4)5/h1,11-12,24H,7-10,13H2,2-5H3. The summed E-state index contributed by atoms with van der Waals surface area (Å²) in [6.07, 6.45) is 5.34. The molecular formula is C19H26N2O2S. The fraction of sp³-hybridized carbons (Fsp3) is 0.526. The average molecular weight is 346 g/mol. The Morgan fingerprint density at radius 1 is 1.29 bits per heavy atom. The summed E-state index contributed by atoms with van der Waals surface area (Å²) in [6.45, 7) is 11.4. The zero-order valence-corrected chi connectivity index (χ0v) is 15.8. The van der Waals surface area contributed by atoms with Crippen LogP contribution in [0.1, 0.15) is 37.5 Å². The Kier molecular flexibility index (Phi) is 5.84. The molecular weight excluding hydrogens is 320 g/mol. The van der Waals surface area contributed by atoms with Gasteiger partial charge in [-0.25, -0.2) is 4.79 Å². The first-order valence-corrected chi connectivity index (χ1v) is 8.63. The number of carbonyl (C=O) groups excluding carboxylic acids is 1. The van der Waals surface area contributed by atoms with E-state index in [1.807, 2.05) is 27.7 Å². The second-order valence-corrected chi connectivity index (χ2v) is 7.66. The average Bonchev–Trinajstić information content (AvgIpc) is 2.49. The minimum atomic E-state index is -0.454. The van der Waals surface area contributed by atoms with Gasteiger partial charge in [0.25, 0.3) is 0 Å². The molecule has 0 spiro atoms. The minimum absolute atomic E-state index is 0.232. The van der Waals surface area contributed by atoms with Crippen molar-refractivity contribution >= 4 is 18.7 Å². The van der Waals surface area contributed by atoms with Gasteiger partial charge >= 0.3 is 6.09 Å². The molecule has 1 aromatic carbocycles. The Bertz CT molecular complexity index is 651. The molecule has 0 saturated carbocycles. The van der Waals surface area contributed by atoms with Crippen molar-refractivity contribution < 1.29 is 9.53 Å². The highest BCUT2D eigenvalue weighted by molar-refractivity contribution is 7.80. The van der Waals surface area contributed by atoms with Gasteiger partial charge in [0.1, 0.15) is 5.60 Å². The fourth-order valence-corrected chi connectivity index (χ4v) is 2.96. The van der Waals surface area contributed by atoms with E-state index in [4.69, 9.17) is 11.2 Å². The first-order valence-electron chi connectivity index (χ1n) is 8.19. The van der Waals surface area contributed by atoms with Crippen molar-refractivity contribution in [3.8, 4) is 12.3 Å². The number of amides is 1. The van der Waals surface area contributed by atoms with Crippen LogP contribution in [0, 0.1) is 19.3 Å². The minimum Gasteiger partial charge on any atom is -0.444 e. The molecule has 0 aromatic heterocycles. The first-order chi connectivity index (χ1) is 11.2. The molecule has 24 heavy (non-hydrogen) atoms.